The number of unbranched alkanes of at least 4 members (excludes halogenated alkanes) is 1. The molecule has 0 bridgehead atoms. The molecule has 0 fully saturated rings. The molecule has 0 spiro atoms. The number of nitrogens with zero attached hydrogens (tertiary/aromatic N) is 1. The molecule has 0 radical (unpaired) electrons. The molecule has 30 heavy (non-hydrogen) atoms. The summed E-state index contributed by atoms with van der Waals surface area (Å²) in [4.78, 5) is 11.1. The highest BCUT2D eigenvalue weighted by molar-refractivity contribution is 14.1. The van der Waals surface area contributed by atoms with Gasteiger partial charge in [0, 0.05) is 23.0 Å². The summed E-state index contributed by atoms with van der Waals surface area (Å²) in [6.45, 7) is 2.20. The third kappa shape index (κ3) is 4.99. The van der Waals surface area contributed by atoms with E-state index in [1.165, 1.54) is 4.31 Å². The van der Waals surface area contributed by atoms with Gasteiger partial charge in [0.2, 0.25) is 0 Å². The minimum Gasteiger partial charge on any atom is -0.481 e. The first-order chi connectivity index (χ1) is 14.2. The highest BCUT2D eigenvalue weighted by atomic mass is 127. The number of sulfonamides is 1. The van der Waals surface area contributed by atoms with Crippen molar-refractivity contribution in [1.29, 1.82) is 0 Å². The summed E-state index contributed by atoms with van der Waals surface area (Å²) in [5.74, 6) is -0.278. The van der Waals surface area contributed by atoms with Crippen LogP contribution in [0.5, 0.6) is 0 Å². The molecule has 1 aliphatic heterocycles. The lowest BCUT2D eigenvalue weighted by molar-refractivity contribution is -0.137. The molecule has 0 saturated carbocycles. The molecule has 7 heteroatoms. The maximum atomic E-state index is 13.3. The second-order valence-corrected chi connectivity index (χ2v) is 11.3. The van der Waals surface area contributed by atoms with Crippen LogP contribution in [-0.4, -0.2) is 26.5 Å². The van der Waals surface area contributed by atoms with Gasteiger partial charge in [-0.25, -0.2) is 8.42 Å². The van der Waals surface area contributed by atoms with Crippen molar-refractivity contribution in [2.24, 2.45) is 5.92 Å². The lowest BCUT2D eigenvalue weighted by atomic mass is 9.83. The standard InChI is InChI=1S/C23H28INO4S/c1-16(7-3-6-10-23(26)27)11-13-18-19-8-4-5-9-21(19)25(2)30(28,29)22-15-17(24)12-14-20(18)22/h4-5,8-9,12,14-16,18H,3,6-7,10-11,13H2,1-2H3,(H,26,27)/t16-,18?/m0/s1. The van der Waals surface area contributed by atoms with Crippen molar-refractivity contribution in [3.63, 3.8) is 0 Å². The maximum absolute atomic E-state index is 13.3. The van der Waals surface area contributed by atoms with Crippen molar-refractivity contribution < 1.29 is 18.3 Å². The molecule has 1 unspecified atom stereocenters. The average molecular weight is 541 g/mol. The lowest BCUT2D eigenvalue weighted by Gasteiger charge is -2.22. The number of aliphatic carboxylic acids is 1. The van der Waals surface area contributed by atoms with E-state index in [0.717, 1.165) is 46.1 Å². The second-order valence-electron chi connectivity index (χ2n) is 8.09. The van der Waals surface area contributed by atoms with E-state index < -0.39 is 16.0 Å². The number of halogens is 1. The van der Waals surface area contributed by atoms with E-state index in [9.17, 15) is 13.2 Å². The molecule has 3 rings (SSSR count). The van der Waals surface area contributed by atoms with Gasteiger partial charge in [0.1, 0.15) is 0 Å². The van der Waals surface area contributed by atoms with Gasteiger partial charge in [0.25, 0.3) is 10.0 Å². The van der Waals surface area contributed by atoms with Gasteiger partial charge in [-0.3, -0.25) is 9.10 Å². The number of carboxylic acid groups (broad SMARTS) is 1. The first-order valence-corrected chi connectivity index (χ1v) is 12.8. The predicted octanol–water partition coefficient (Wildman–Crippen LogP) is 5.62. The molecular formula is C23H28INO4S. The van der Waals surface area contributed by atoms with Gasteiger partial charge in [-0.15, -0.1) is 0 Å². The molecule has 162 valence electrons. The highest BCUT2D eigenvalue weighted by Crippen LogP contribution is 2.44. The van der Waals surface area contributed by atoms with Gasteiger partial charge >= 0.3 is 5.97 Å². The van der Waals surface area contributed by atoms with Gasteiger partial charge < -0.3 is 5.11 Å². The van der Waals surface area contributed by atoms with Gasteiger partial charge in [0.05, 0.1) is 10.6 Å². The summed E-state index contributed by atoms with van der Waals surface area (Å²) < 4.78 is 29.0. The quantitative estimate of drug-likeness (QED) is 0.348. The molecule has 2 aromatic carbocycles. The fraction of sp³-hybridized carbons (Fsp3) is 0.435. The van der Waals surface area contributed by atoms with E-state index in [0.29, 0.717) is 17.2 Å². The summed E-state index contributed by atoms with van der Waals surface area (Å²) in [7, 11) is -1.99. The smallest absolute Gasteiger partial charge is 0.303 e. The van der Waals surface area contributed by atoms with E-state index in [2.05, 4.69) is 29.5 Å². The molecule has 1 N–H and O–H groups in total. The minimum atomic E-state index is -3.62. The molecule has 1 heterocycles. The average Bonchev–Trinajstić information content (AvgIpc) is 2.77. The van der Waals surface area contributed by atoms with Crippen LogP contribution in [0.3, 0.4) is 0 Å². The zero-order chi connectivity index (χ0) is 21.9. The van der Waals surface area contributed by atoms with E-state index in [1.807, 2.05) is 36.4 Å². The van der Waals surface area contributed by atoms with Crippen LogP contribution in [0.1, 0.15) is 62.5 Å². The van der Waals surface area contributed by atoms with Gasteiger partial charge in [0.15, 0.2) is 0 Å². The normalized spacial score (nSPS) is 18.2. The van der Waals surface area contributed by atoms with Crippen molar-refractivity contribution in [1.82, 2.24) is 0 Å². The Labute approximate surface area is 192 Å². The fourth-order valence-electron chi connectivity index (χ4n) is 4.21. The van der Waals surface area contributed by atoms with E-state index in [1.54, 1.807) is 13.1 Å². The van der Waals surface area contributed by atoms with Crippen LogP contribution in [0.25, 0.3) is 0 Å². The highest BCUT2D eigenvalue weighted by Gasteiger charge is 2.34. The summed E-state index contributed by atoms with van der Waals surface area (Å²) in [5, 5.41) is 8.79. The SMILES string of the molecule is C[C@@H](CCCCC(=O)O)CCC1c2ccccc2N(C)S(=O)(=O)c2cc(I)ccc21. The van der Waals surface area contributed by atoms with Gasteiger partial charge in [-0.2, -0.15) is 0 Å². The maximum Gasteiger partial charge on any atom is 0.303 e. The second kappa shape index (κ2) is 9.68. The summed E-state index contributed by atoms with van der Waals surface area (Å²) in [6.07, 6.45) is 4.63. The molecule has 0 amide bonds. The Bertz CT molecular complexity index is 1020. The third-order valence-corrected chi connectivity index (χ3v) is 8.42. The first kappa shape index (κ1) is 23.1. The monoisotopic (exact) mass is 541 g/mol. The summed E-state index contributed by atoms with van der Waals surface area (Å²) in [5.41, 5.74) is 2.65. The predicted molar refractivity (Wildman–Crippen MR) is 128 cm³/mol. The van der Waals surface area contributed by atoms with E-state index in [-0.39, 0.29) is 12.3 Å². The Balaban J connectivity index is 1.89. The lowest BCUT2D eigenvalue weighted by Crippen LogP contribution is -2.26. The van der Waals surface area contributed by atoms with E-state index >= 15 is 0 Å². The Hall–Kier alpha value is -1.61. The number of hydrogen-bond donors (Lipinski definition) is 1. The number of para-hydroxylation sites is 1. The zero-order valence-electron chi connectivity index (χ0n) is 17.3. The van der Waals surface area contributed by atoms with Crippen LogP contribution in [0, 0.1) is 9.49 Å². The number of rotatable bonds is 8. The van der Waals surface area contributed by atoms with Crippen molar-refractivity contribution in [3.8, 4) is 0 Å². The van der Waals surface area contributed by atoms with Crippen LogP contribution in [0.2, 0.25) is 0 Å². The number of carbonyl (C=O) groups is 1. The summed E-state index contributed by atoms with van der Waals surface area (Å²) >= 11 is 2.16. The molecule has 2 atom stereocenters. The molecular weight excluding hydrogens is 513 g/mol. The van der Waals surface area contributed by atoms with Crippen LogP contribution >= 0.6 is 22.6 Å². The Morgan fingerprint density at radius 3 is 2.60 bits per heavy atom. The van der Waals surface area contributed by atoms with Crippen molar-refractivity contribution in [2.75, 3.05) is 11.4 Å². The largest absolute Gasteiger partial charge is 0.481 e. The third-order valence-electron chi connectivity index (χ3n) is 5.93. The van der Waals surface area contributed by atoms with Gasteiger partial charge in [-0.1, -0.05) is 44.0 Å². The minimum absolute atomic E-state index is 0.00870. The van der Waals surface area contributed by atoms with E-state index in [4.69, 9.17) is 5.11 Å². The number of fused-ring (bicyclic) bond motifs is 2. The van der Waals surface area contributed by atoms with Crippen LogP contribution < -0.4 is 4.31 Å². The van der Waals surface area contributed by atoms with Crippen LogP contribution in [0.15, 0.2) is 47.4 Å². The molecule has 0 aromatic heterocycles. The first-order valence-electron chi connectivity index (χ1n) is 10.3. The Morgan fingerprint density at radius 1 is 1.13 bits per heavy atom. The van der Waals surface area contributed by atoms with Crippen molar-refractivity contribution in [3.05, 3.63) is 57.2 Å². The number of carboxylic acids is 1. The topological polar surface area (TPSA) is 74.7 Å². The number of hydrogen-bond acceptors (Lipinski definition) is 3. The Kier molecular flexibility index (Phi) is 7.44. The van der Waals surface area contributed by atoms with Crippen LogP contribution in [-0.2, 0) is 14.8 Å². The molecule has 1 aliphatic rings. The number of anilines is 1. The molecule has 2 aromatic rings. The fourth-order valence-corrected chi connectivity index (χ4v) is 6.42. The Morgan fingerprint density at radius 2 is 1.87 bits per heavy atom. The molecule has 0 saturated heterocycles. The van der Waals surface area contributed by atoms with Crippen LogP contribution in [0.4, 0.5) is 5.69 Å². The van der Waals surface area contributed by atoms with Gasteiger partial charge in [-0.05, 0) is 77.1 Å². The molecule has 0 aliphatic carbocycles. The summed E-state index contributed by atoms with van der Waals surface area (Å²) in [6, 6.07) is 13.5. The van der Waals surface area contributed by atoms with Crippen molar-refractivity contribution >= 4 is 44.3 Å². The molecule has 5 nitrogen and oxygen atoms in total. The zero-order valence-corrected chi connectivity index (χ0v) is 20.3. The number of benzene rings is 2. The van der Waals surface area contributed by atoms with Crippen molar-refractivity contribution in [2.45, 2.75) is 56.3 Å².